The van der Waals surface area contributed by atoms with Crippen LogP contribution in [0.2, 0.25) is 0 Å². The minimum Gasteiger partial charge on any atom is -0.481 e. The number of carboxylic acid groups (broad SMARTS) is 1. The first-order valence-electron chi connectivity index (χ1n) is 7.59. The molecule has 0 aromatic carbocycles. The van der Waals surface area contributed by atoms with Gasteiger partial charge in [0.2, 0.25) is 0 Å². The molecule has 4 nitrogen and oxygen atoms in total. The Morgan fingerprint density at radius 1 is 1.37 bits per heavy atom. The highest BCUT2D eigenvalue weighted by atomic mass is 16.5. The van der Waals surface area contributed by atoms with Crippen LogP contribution in [0.15, 0.2) is 0 Å². The van der Waals surface area contributed by atoms with Crippen LogP contribution in [0.4, 0.5) is 0 Å². The fourth-order valence-electron chi connectivity index (χ4n) is 3.12. The van der Waals surface area contributed by atoms with E-state index >= 15 is 0 Å². The van der Waals surface area contributed by atoms with Crippen LogP contribution in [0.5, 0.6) is 0 Å². The van der Waals surface area contributed by atoms with Gasteiger partial charge in [-0.3, -0.25) is 9.69 Å². The van der Waals surface area contributed by atoms with Crippen molar-refractivity contribution >= 4 is 5.97 Å². The minimum absolute atomic E-state index is 0.171. The Morgan fingerprint density at radius 3 is 2.63 bits per heavy atom. The van der Waals surface area contributed by atoms with Gasteiger partial charge in [0.25, 0.3) is 0 Å². The fourth-order valence-corrected chi connectivity index (χ4v) is 3.12. The fraction of sp³-hybridized carbons (Fsp3) is 0.933. The third-order valence-electron chi connectivity index (χ3n) is 4.43. The second-order valence-electron chi connectivity index (χ2n) is 5.64. The van der Waals surface area contributed by atoms with E-state index in [1.165, 1.54) is 6.42 Å². The lowest BCUT2D eigenvalue weighted by atomic mass is 9.92. The minimum atomic E-state index is -0.627. The monoisotopic (exact) mass is 271 g/mol. The standard InChI is InChI=1S/C15H29NO3/c1-4-12(2)16(10-11-19-3)14-9-7-5-6-8-13(14)15(17)18/h12-14H,4-11H2,1-3H3,(H,17,18). The molecule has 0 aromatic heterocycles. The number of hydrogen-bond acceptors (Lipinski definition) is 3. The van der Waals surface area contributed by atoms with E-state index in [1.807, 2.05) is 0 Å². The highest BCUT2D eigenvalue weighted by molar-refractivity contribution is 5.71. The van der Waals surface area contributed by atoms with Gasteiger partial charge in [0.1, 0.15) is 0 Å². The number of carbonyl (C=O) groups is 1. The molecule has 3 atom stereocenters. The molecule has 1 N–H and O–H groups in total. The van der Waals surface area contributed by atoms with Crippen molar-refractivity contribution in [1.29, 1.82) is 0 Å². The van der Waals surface area contributed by atoms with Crippen LogP contribution >= 0.6 is 0 Å². The molecule has 0 radical (unpaired) electrons. The van der Waals surface area contributed by atoms with Crippen LogP contribution < -0.4 is 0 Å². The van der Waals surface area contributed by atoms with Crippen LogP contribution in [0.1, 0.15) is 52.4 Å². The van der Waals surface area contributed by atoms with Gasteiger partial charge in [-0.15, -0.1) is 0 Å². The van der Waals surface area contributed by atoms with E-state index in [9.17, 15) is 9.90 Å². The predicted octanol–water partition coefficient (Wildman–Crippen LogP) is 2.77. The molecule has 4 heteroatoms. The maximum atomic E-state index is 11.5. The number of aliphatic carboxylic acids is 1. The van der Waals surface area contributed by atoms with Crippen molar-refractivity contribution in [2.75, 3.05) is 20.3 Å². The summed E-state index contributed by atoms with van der Waals surface area (Å²) in [5, 5.41) is 9.50. The normalized spacial score (nSPS) is 26.1. The van der Waals surface area contributed by atoms with Gasteiger partial charge >= 0.3 is 5.97 Å². The second-order valence-corrected chi connectivity index (χ2v) is 5.64. The average Bonchev–Trinajstić information content (AvgIpc) is 2.64. The van der Waals surface area contributed by atoms with E-state index < -0.39 is 5.97 Å². The Bertz CT molecular complexity index is 270. The first kappa shape index (κ1) is 16.4. The maximum Gasteiger partial charge on any atom is 0.308 e. The van der Waals surface area contributed by atoms with Crippen molar-refractivity contribution in [3.63, 3.8) is 0 Å². The zero-order valence-corrected chi connectivity index (χ0v) is 12.6. The summed E-state index contributed by atoms with van der Waals surface area (Å²) in [6.45, 7) is 5.86. The Labute approximate surface area is 117 Å². The van der Waals surface area contributed by atoms with Crippen molar-refractivity contribution in [3.05, 3.63) is 0 Å². The van der Waals surface area contributed by atoms with Crippen LogP contribution in [0.3, 0.4) is 0 Å². The molecule has 1 fully saturated rings. The summed E-state index contributed by atoms with van der Waals surface area (Å²) in [6.07, 6.45) is 6.23. The first-order valence-corrected chi connectivity index (χ1v) is 7.59. The number of nitrogens with zero attached hydrogens (tertiary/aromatic N) is 1. The van der Waals surface area contributed by atoms with E-state index in [4.69, 9.17) is 4.74 Å². The molecule has 0 aromatic rings. The van der Waals surface area contributed by atoms with E-state index in [0.29, 0.717) is 12.6 Å². The third-order valence-corrected chi connectivity index (χ3v) is 4.43. The molecule has 1 aliphatic rings. The SMILES string of the molecule is CCC(C)N(CCOC)C1CCCCCC1C(=O)O. The molecule has 0 heterocycles. The molecule has 1 aliphatic carbocycles. The van der Waals surface area contributed by atoms with Gasteiger partial charge in [-0.25, -0.2) is 0 Å². The van der Waals surface area contributed by atoms with Crippen molar-refractivity contribution in [2.24, 2.45) is 5.92 Å². The lowest BCUT2D eigenvalue weighted by Gasteiger charge is -2.38. The first-order chi connectivity index (χ1) is 9.11. The molecular weight excluding hydrogens is 242 g/mol. The van der Waals surface area contributed by atoms with Crippen molar-refractivity contribution in [2.45, 2.75) is 64.5 Å². The van der Waals surface area contributed by atoms with Gasteiger partial charge in [0, 0.05) is 25.7 Å². The summed E-state index contributed by atoms with van der Waals surface area (Å²) in [5.74, 6) is -0.842. The molecule has 0 aliphatic heterocycles. The van der Waals surface area contributed by atoms with Crippen molar-refractivity contribution < 1.29 is 14.6 Å². The Balaban J connectivity index is 2.83. The number of hydrogen-bond donors (Lipinski definition) is 1. The average molecular weight is 271 g/mol. The predicted molar refractivity (Wildman–Crippen MR) is 76.3 cm³/mol. The summed E-state index contributed by atoms with van der Waals surface area (Å²) < 4.78 is 5.20. The quantitative estimate of drug-likeness (QED) is 0.723. The summed E-state index contributed by atoms with van der Waals surface area (Å²) in [4.78, 5) is 13.9. The van der Waals surface area contributed by atoms with E-state index in [-0.39, 0.29) is 12.0 Å². The highest BCUT2D eigenvalue weighted by Crippen LogP contribution is 2.29. The van der Waals surface area contributed by atoms with Gasteiger partial charge in [0.15, 0.2) is 0 Å². The lowest BCUT2D eigenvalue weighted by Crippen LogP contribution is -2.48. The molecule has 1 rings (SSSR count). The summed E-state index contributed by atoms with van der Waals surface area (Å²) in [5.41, 5.74) is 0. The zero-order chi connectivity index (χ0) is 14.3. The largest absolute Gasteiger partial charge is 0.481 e. The van der Waals surface area contributed by atoms with Crippen molar-refractivity contribution in [3.8, 4) is 0 Å². The molecule has 0 amide bonds. The van der Waals surface area contributed by atoms with Crippen LogP contribution in [0.25, 0.3) is 0 Å². The Kier molecular flexibility index (Phi) is 7.39. The summed E-state index contributed by atoms with van der Waals surface area (Å²) in [6, 6.07) is 0.588. The summed E-state index contributed by atoms with van der Waals surface area (Å²) >= 11 is 0. The molecule has 19 heavy (non-hydrogen) atoms. The number of rotatable bonds is 7. The number of methoxy groups -OCH3 is 1. The number of ether oxygens (including phenoxy) is 1. The number of carboxylic acids is 1. The van der Waals surface area contributed by atoms with E-state index in [1.54, 1.807) is 7.11 Å². The Morgan fingerprint density at radius 2 is 2.05 bits per heavy atom. The summed E-state index contributed by atoms with van der Waals surface area (Å²) in [7, 11) is 1.70. The zero-order valence-electron chi connectivity index (χ0n) is 12.6. The Hall–Kier alpha value is -0.610. The van der Waals surface area contributed by atoms with Gasteiger partial charge in [0.05, 0.1) is 12.5 Å². The van der Waals surface area contributed by atoms with Gasteiger partial charge in [-0.1, -0.05) is 26.2 Å². The van der Waals surface area contributed by atoms with Gasteiger partial charge < -0.3 is 9.84 Å². The van der Waals surface area contributed by atoms with E-state index in [0.717, 1.165) is 38.6 Å². The van der Waals surface area contributed by atoms with Gasteiger partial charge in [-0.05, 0) is 26.2 Å². The third kappa shape index (κ3) is 4.77. The maximum absolute atomic E-state index is 11.5. The highest BCUT2D eigenvalue weighted by Gasteiger charge is 2.35. The molecule has 1 saturated carbocycles. The molecule has 3 unspecified atom stereocenters. The van der Waals surface area contributed by atoms with E-state index in [2.05, 4.69) is 18.7 Å². The topological polar surface area (TPSA) is 49.8 Å². The van der Waals surface area contributed by atoms with Crippen LogP contribution in [0, 0.1) is 5.92 Å². The molecule has 0 spiro atoms. The molecule has 0 saturated heterocycles. The smallest absolute Gasteiger partial charge is 0.308 e. The van der Waals surface area contributed by atoms with Gasteiger partial charge in [-0.2, -0.15) is 0 Å². The van der Waals surface area contributed by atoms with Crippen LogP contribution in [-0.4, -0.2) is 48.3 Å². The molecule has 0 bridgehead atoms. The molecular formula is C15H29NO3. The lowest BCUT2D eigenvalue weighted by molar-refractivity contribution is -0.145. The van der Waals surface area contributed by atoms with Crippen LogP contribution in [-0.2, 0) is 9.53 Å². The molecule has 112 valence electrons. The van der Waals surface area contributed by atoms with Crippen molar-refractivity contribution in [1.82, 2.24) is 4.90 Å². The second kappa shape index (κ2) is 8.54.